The minimum absolute atomic E-state index is 0.0209. The molecule has 0 radical (unpaired) electrons. The van der Waals surface area contributed by atoms with Crippen molar-refractivity contribution in [1.29, 1.82) is 0 Å². The lowest BCUT2D eigenvalue weighted by molar-refractivity contribution is -0.147. The number of aliphatic carboxylic acids is 1. The van der Waals surface area contributed by atoms with Crippen molar-refractivity contribution in [1.82, 2.24) is 15.5 Å². The van der Waals surface area contributed by atoms with E-state index in [1.807, 2.05) is 6.92 Å². The molecule has 0 aromatic carbocycles. The molecule has 2 atom stereocenters. The van der Waals surface area contributed by atoms with Gasteiger partial charge >= 0.3 is 12.0 Å². The van der Waals surface area contributed by atoms with Gasteiger partial charge in [0.2, 0.25) is 0 Å². The van der Waals surface area contributed by atoms with Crippen LogP contribution in [0.5, 0.6) is 0 Å². The molecule has 3 N–H and O–H groups in total. The van der Waals surface area contributed by atoms with E-state index >= 15 is 0 Å². The van der Waals surface area contributed by atoms with Crippen molar-refractivity contribution in [2.24, 2.45) is 5.41 Å². The van der Waals surface area contributed by atoms with Crippen LogP contribution in [0.2, 0.25) is 0 Å². The quantitative estimate of drug-likeness (QED) is 0.600. The van der Waals surface area contributed by atoms with Crippen LogP contribution in [-0.2, 0) is 4.79 Å². The molecule has 118 valence electrons. The zero-order valence-electron chi connectivity index (χ0n) is 13.3. The van der Waals surface area contributed by atoms with Crippen molar-refractivity contribution >= 4 is 12.0 Å². The predicted molar refractivity (Wildman–Crippen MR) is 79.8 cm³/mol. The molecule has 0 aromatic rings. The smallest absolute Gasteiger partial charge is 0.315 e. The van der Waals surface area contributed by atoms with Gasteiger partial charge in [0.1, 0.15) is 0 Å². The number of carbonyl (C=O) groups is 2. The van der Waals surface area contributed by atoms with Gasteiger partial charge in [0, 0.05) is 19.1 Å². The van der Waals surface area contributed by atoms with E-state index in [0.717, 1.165) is 19.6 Å². The van der Waals surface area contributed by atoms with Crippen molar-refractivity contribution < 1.29 is 14.7 Å². The molecule has 0 aliphatic carbocycles. The SMILES string of the molecule is CCN(CC)CC(C)NC(=O)NCC(C)(CC)C(=O)O. The number of carbonyl (C=O) groups excluding carboxylic acids is 1. The van der Waals surface area contributed by atoms with Crippen LogP contribution >= 0.6 is 0 Å². The Kier molecular flexibility index (Phi) is 8.22. The maximum absolute atomic E-state index is 11.8. The second-order valence-corrected chi connectivity index (χ2v) is 5.43. The summed E-state index contributed by atoms with van der Waals surface area (Å²) in [7, 11) is 0. The third kappa shape index (κ3) is 6.23. The Labute approximate surface area is 121 Å². The number of carboxylic acid groups (broad SMARTS) is 1. The highest BCUT2D eigenvalue weighted by molar-refractivity contribution is 5.77. The predicted octanol–water partition coefficient (Wildman–Crippen LogP) is 1.52. The average Bonchev–Trinajstić information content (AvgIpc) is 2.41. The van der Waals surface area contributed by atoms with Gasteiger partial charge < -0.3 is 20.6 Å². The maximum atomic E-state index is 11.8. The summed E-state index contributed by atoms with van der Waals surface area (Å²) >= 11 is 0. The van der Waals surface area contributed by atoms with Crippen LogP contribution in [0, 0.1) is 5.41 Å². The minimum atomic E-state index is -0.917. The van der Waals surface area contributed by atoms with E-state index in [1.165, 1.54) is 0 Å². The molecule has 2 amide bonds. The summed E-state index contributed by atoms with van der Waals surface area (Å²) in [5.74, 6) is -0.892. The number of carboxylic acids is 1. The Morgan fingerprint density at radius 2 is 1.80 bits per heavy atom. The summed E-state index contributed by atoms with van der Waals surface area (Å²) in [5, 5.41) is 14.6. The molecule has 0 aliphatic heterocycles. The highest BCUT2D eigenvalue weighted by Gasteiger charge is 2.31. The number of hydrogen-bond acceptors (Lipinski definition) is 3. The first-order valence-electron chi connectivity index (χ1n) is 7.29. The van der Waals surface area contributed by atoms with Crippen LogP contribution in [-0.4, -0.2) is 54.2 Å². The summed E-state index contributed by atoms with van der Waals surface area (Å²) in [6.07, 6.45) is 0.470. The molecule has 0 heterocycles. The van der Waals surface area contributed by atoms with E-state index < -0.39 is 11.4 Å². The number of amides is 2. The highest BCUT2D eigenvalue weighted by Crippen LogP contribution is 2.19. The van der Waals surface area contributed by atoms with Crippen LogP contribution in [0.25, 0.3) is 0 Å². The summed E-state index contributed by atoms with van der Waals surface area (Å²) in [5.41, 5.74) is -0.917. The molecule has 0 saturated carbocycles. The van der Waals surface area contributed by atoms with Crippen LogP contribution in [0.4, 0.5) is 4.79 Å². The Bertz CT molecular complexity index is 319. The lowest BCUT2D eigenvalue weighted by Crippen LogP contribution is -2.49. The van der Waals surface area contributed by atoms with Gasteiger partial charge in [-0.25, -0.2) is 4.79 Å². The van der Waals surface area contributed by atoms with Gasteiger partial charge in [0.05, 0.1) is 5.41 Å². The van der Waals surface area contributed by atoms with Crippen LogP contribution in [0.15, 0.2) is 0 Å². The third-order valence-corrected chi connectivity index (χ3v) is 3.74. The zero-order valence-corrected chi connectivity index (χ0v) is 13.3. The topological polar surface area (TPSA) is 81.7 Å². The van der Waals surface area contributed by atoms with Crippen LogP contribution in [0.3, 0.4) is 0 Å². The molecule has 0 fully saturated rings. The first-order chi connectivity index (χ1) is 9.28. The van der Waals surface area contributed by atoms with Crippen LogP contribution < -0.4 is 10.6 Å². The summed E-state index contributed by atoms with van der Waals surface area (Å²) in [6.45, 7) is 12.3. The average molecular weight is 287 g/mol. The van der Waals surface area contributed by atoms with E-state index in [9.17, 15) is 9.59 Å². The number of urea groups is 1. The van der Waals surface area contributed by atoms with E-state index in [1.54, 1.807) is 13.8 Å². The van der Waals surface area contributed by atoms with Gasteiger partial charge in [-0.2, -0.15) is 0 Å². The largest absolute Gasteiger partial charge is 0.481 e. The molecule has 0 saturated heterocycles. The van der Waals surface area contributed by atoms with Gasteiger partial charge in [-0.15, -0.1) is 0 Å². The lowest BCUT2D eigenvalue weighted by Gasteiger charge is -2.26. The number of nitrogens with zero attached hydrogens (tertiary/aromatic N) is 1. The Morgan fingerprint density at radius 3 is 2.20 bits per heavy atom. The third-order valence-electron chi connectivity index (χ3n) is 3.74. The lowest BCUT2D eigenvalue weighted by atomic mass is 9.88. The molecule has 0 spiro atoms. The number of nitrogens with one attached hydrogen (secondary N) is 2. The van der Waals surface area contributed by atoms with Gasteiger partial charge in [-0.3, -0.25) is 4.79 Å². The van der Waals surface area contributed by atoms with E-state index in [2.05, 4.69) is 29.4 Å². The van der Waals surface area contributed by atoms with Gasteiger partial charge in [0.15, 0.2) is 0 Å². The van der Waals surface area contributed by atoms with Crippen molar-refractivity contribution in [2.45, 2.75) is 47.1 Å². The second kappa shape index (κ2) is 8.79. The molecule has 0 bridgehead atoms. The second-order valence-electron chi connectivity index (χ2n) is 5.43. The molecule has 20 heavy (non-hydrogen) atoms. The molecular formula is C14H29N3O3. The number of hydrogen-bond donors (Lipinski definition) is 3. The minimum Gasteiger partial charge on any atom is -0.481 e. The number of likely N-dealkylation sites (N-methyl/N-ethyl adjacent to an activating group) is 1. The van der Waals surface area contributed by atoms with Crippen molar-refractivity contribution in [3.05, 3.63) is 0 Å². The molecule has 0 aromatic heterocycles. The fourth-order valence-corrected chi connectivity index (χ4v) is 1.82. The highest BCUT2D eigenvalue weighted by atomic mass is 16.4. The van der Waals surface area contributed by atoms with E-state index in [0.29, 0.717) is 6.42 Å². The number of rotatable bonds is 9. The fourth-order valence-electron chi connectivity index (χ4n) is 1.82. The summed E-state index contributed by atoms with van der Waals surface area (Å²) in [4.78, 5) is 25.1. The summed E-state index contributed by atoms with van der Waals surface area (Å²) < 4.78 is 0. The van der Waals surface area contributed by atoms with Gasteiger partial charge in [-0.05, 0) is 33.4 Å². The molecule has 0 aliphatic rings. The maximum Gasteiger partial charge on any atom is 0.315 e. The first-order valence-corrected chi connectivity index (χ1v) is 7.29. The Balaban J connectivity index is 4.20. The Morgan fingerprint density at radius 1 is 1.25 bits per heavy atom. The van der Waals surface area contributed by atoms with Gasteiger partial charge in [-0.1, -0.05) is 20.8 Å². The van der Waals surface area contributed by atoms with Crippen molar-refractivity contribution in [3.8, 4) is 0 Å². The van der Waals surface area contributed by atoms with Crippen molar-refractivity contribution in [3.63, 3.8) is 0 Å². The molecule has 6 nitrogen and oxygen atoms in total. The molecule has 6 heteroatoms. The Hall–Kier alpha value is -1.30. The van der Waals surface area contributed by atoms with Crippen molar-refractivity contribution in [2.75, 3.05) is 26.2 Å². The first kappa shape index (κ1) is 18.7. The van der Waals surface area contributed by atoms with Gasteiger partial charge in [0.25, 0.3) is 0 Å². The normalized spacial score (nSPS) is 15.5. The van der Waals surface area contributed by atoms with E-state index in [4.69, 9.17) is 5.11 Å². The fraction of sp³-hybridized carbons (Fsp3) is 0.857. The zero-order chi connectivity index (χ0) is 15.8. The van der Waals surface area contributed by atoms with Crippen LogP contribution in [0.1, 0.15) is 41.0 Å². The monoisotopic (exact) mass is 287 g/mol. The molecular weight excluding hydrogens is 258 g/mol. The standard InChI is InChI=1S/C14H29N3O3/c1-6-14(5,12(18)19)10-15-13(20)16-11(4)9-17(7-2)8-3/h11H,6-10H2,1-5H3,(H,18,19)(H2,15,16,20). The molecule has 0 rings (SSSR count). The summed E-state index contributed by atoms with van der Waals surface area (Å²) in [6, 6.07) is -0.293. The molecule has 2 unspecified atom stereocenters. The van der Waals surface area contributed by atoms with E-state index in [-0.39, 0.29) is 18.6 Å².